The van der Waals surface area contributed by atoms with Gasteiger partial charge in [0.2, 0.25) is 5.91 Å². The number of fused-ring (bicyclic) bond motifs is 1. The van der Waals surface area contributed by atoms with Gasteiger partial charge in [-0.2, -0.15) is 0 Å². The lowest BCUT2D eigenvalue weighted by Crippen LogP contribution is -2.28. The van der Waals surface area contributed by atoms with Crippen molar-refractivity contribution in [2.75, 3.05) is 11.9 Å². The first-order chi connectivity index (χ1) is 11.7. The van der Waals surface area contributed by atoms with Crippen molar-refractivity contribution in [1.29, 1.82) is 0 Å². The van der Waals surface area contributed by atoms with Crippen LogP contribution in [0.25, 0.3) is 0 Å². The summed E-state index contributed by atoms with van der Waals surface area (Å²) in [7, 11) is 0. The molecule has 4 nitrogen and oxygen atoms in total. The summed E-state index contributed by atoms with van der Waals surface area (Å²) < 4.78 is 5.75. The Kier molecular flexibility index (Phi) is 4.17. The van der Waals surface area contributed by atoms with Gasteiger partial charge in [0.25, 0.3) is 0 Å². The topological polar surface area (TPSA) is 50.4 Å². The van der Waals surface area contributed by atoms with Gasteiger partial charge in [0.15, 0.2) is 0 Å². The summed E-state index contributed by atoms with van der Waals surface area (Å²) >= 11 is 6.12. The number of ether oxygens (including phenoxy) is 1. The number of amides is 1. The van der Waals surface area contributed by atoms with Crippen molar-refractivity contribution in [1.82, 2.24) is 5.32 Å². The predicted octanol–water partition coefficient (Wildman–Crippen LogP) is 3.47. The van der Waals surface area contributed by atoms with Crippen molar-refractivity contribution in [3.8, 4) is 5.75 Å². The molecule has 2 N–H and O–H groups in total. The largest absolute Gasteiger partial charge is 0.489 e. The number of carbonyl (C=O) groups is 1. The van der Waals surface area contributed by atoms with E-state index in [4.69, 9.17) is 16.3 Å². The molecule has 2 aliphatic rings. The molecule has 1 heterocycles. The molecule has 2 fully saturated rings. The molecule has 0 aromatic heterocycles. The van der Waals surface area contributed by atoms with Gasteiger partial charge in [0.05, 0.1) is 5.92 Å². The van der Waals surface area contributed by atoms with Crippen LogP contribution >= 0.6 is 11.6 Å². The third-order valence-corrected chi connectivity index (χ3v) is 5.14. The van der Waals surface area contributed by atoms with E-state index in [1.54, 1.807) is 0 Å². The summed E-state index contributed by atoms with van der Waals surface area (Å²) in [5.74, 6) is 1.49. The van der Waals surface area contributed by atoms with Crippen molar-refractivity contribution >= 4 is 23.2 Å². The van der Waals surface area contributed by atoms with Crippen molar-refractivity contribution in [3.05, 3.63) is 59.1 Å². The maximum absolute atomic E-state index is 12.3. The van der Waals surface area contributed by atoms with E-state index in [1.165, 1.54) is 0 Å². The minimum absolute atomic E-state index is 0.103. The molecule has 0 spiro atoms. The molecule has 5 heteroatoms. The zero-order chi connectivity index (χ0) is 16.5. The molecule has 1 amide bonds. The molecule has 24 heavy (non-hydrogen) atoms. The number of piperidine rings is 1. The highest BCUT2D eigenvalue weighted by Gasteiger charge is 2.50. The average molecular weight is 343 g/mol. The van der Waals surface area contributed by atoms with Crippen LogP contribution in [0.4, 0.5) is 5.69 Å². The fourth-order valence-electron chi connectivity index (χ4n) is 3.26. The molecule has 3 unspecified atom stereocenters. The minimum Gasteiger partial charge on any atom is -0.489 e. The Balaban J connectivity index is 1.33. The number of carbonyl (C=O) groups excluding carboxylic acids is 1. The molecule has 1 aliphatic carbocycles. The van der Waals surface area contributed by atoms with Crippen LogP contribution in [0, 0.1) is 11.8 Å². The summed E-state index contributed by atoms with van der Waals surface area (Å²) in [6.07, 6.45) is 1.13. The van der Waals surface area contributed by atoms with Gasteiger partial charge < -0.3 is 15.4 Å². The van der Waals surface area contributed by atoms with E-state index in [-0.39, 0.29) is 11.8 Å². The third kappa shape index (κ3) is 3.25. The van der Waals surface area contributed by atoms with Crippen LogP contribution in [0.2, 0.25) is 5.02 Å². The molecule has 2 aromatic rings. The minimum atomic E-state index is 0.103. The number of nitrogens with one attached hydrogen (secondary N) is 2. The summed E-state index contributed by atoms with van der Waals surface area (Å²) in [6.45, 7) is 1.21. The maximum atomic E-state index is 12.3. The second kappa shape index (κ2) is 6.46. The Labute approximate surface area is 146 Å². The first-order valence-electron chi connectivity index (χ1n) is 8.21. The number of halogens is 1. The third-order valence-electron chi connectivity index (χ3n) is 4.77. The van der Waals surface area contributed by atoms with Gasteiger partial charge in [-0.15, -0.1) is 0 Å². The van der Waals surface area contributed by atoms with Crippen LogP contribution in [0.1, 0.15) is 12.0 Å². The lowest BCUT2D eigenvalue weighted by molar-refractivity contribution is -0.119. The fourth-order valence-corrected chi connectivity index (χ4v) is 3.45. The second-order valence-electron chi connectivity index (χ2n) is 6.41. The summed E-state index contributed by atoms with van der Waals surface area (Å²) in [6, 6.07) is 15.6. The Morgan fingerprint density at radius 2 is 2.00 bits per heavy atom. The van der Waals surface area contributed by atoms with Crippen molar-refractivity contribution in [2.45, 2.75) is 19.1 Å². The first-order valence-corrected chi connectivity index (χ1v) is 8.59. The molecule has 0 bridgehead atoms. The summed E-state index contributed by atoms with van der Waals surface area (Å²) in [5, 5.41) is 7.06. The van der Waals surface area contributed by atoms with Gasteiger partial charge in [-0.05, 0) is 42.7 Å². The van der Waals surface area contributed by atoms with E-state index < -0.39 is 0 Å². The highest BCUT2D eigenvalue weighted by molar-refractivity contribution is 6.31. The van der Waals surface area contributed by atoms with Crippen LogP contribution in [0.5, 0.6) is 5.75 Å². The standard InChI is InChI=1S/C19H19ClN2O2/c20-17-4-2-1-3-12(17)11-24-14-7-5-13(6-8-14)22-19(23)16-10-21-18-9-15(16)18/h1-8,15-16,18,21H,9-11H2,(H,22,23). The number of rotatable bonds is 5. The van der Waals surface area contributed by atoms with Crippen LogP contribution in [-0.4, -0.2) is 18.5 Å². The fraction of sp³-hybridized carbons (Fsp3) is 0.316. The van der Waals surface area contributed by atoms with Crippen LogP contribution < -0.4 is 15.4 Å². The average Bonchev–Trinajstić information content (AvgIpc) is 3.25. The number of benzene rings is 2. The van der Waals surface area contributed by atoms with Gasteiger partial charge in [-0.25, -0.2) is 0 Å². The maximum Gasteiger partial charge on any atom is 0.229 e. The van der Waals surface area contributed by atoms with E-state index in [9.17, 15) is 4.79 Å². The second-order valence-corrected chi connectivity index (χ2v) is 6.82. The van der Waals surface area contributed by atoms with Gasteiger partial charge in [0.1, 0.15) is 12.4 Å². The molecule has 124 valence electrons. The number of hydrogen-bond donors (Lipinski definition) is 2. The van der Waals surface area contributed by atoms with E-state index in [0.29, 0.717) is 23.6 Å². The van der Waals surface area contributed by atoms with Gasteiger partial charge in [-0.3, -0.25) is 4.79 Å². The monoisotopic (exact) mass is 342 g/mol. The Hall–Kier alpha value is -2.04. The normalized spacial score (nSPS) is 24.3. The molecule has 3 atom stereocenters. The lowest BCUT2D eigenvalue weighted by Gasteiger charge is -2.13. The molecule has 1 aliphatic heterocycles. The Morgan fingerprint density at radius 1 is 1.21 bits per heavy atom. The summed E-state index contributed by atoms with van der Waals surface area (Å²) in [4.78, 5) is 12.3. The number of hydrogen-bond acceptors (Lipinski definition) is 3. The highest BCUT2D eigenvalue weighted by atomic mass is 35.5. The smallest absolute Gasteiger partial charge is 0.229 e. The predicted molar refractivity (Wildman–Crippen MR) is 94.2 cm³/mol. The summed E-state index contributed by atoms with van der Waals surface area (Å²) in [5.41, 5.74) is 1.75. The van der Waals surface area contributed by atoms with Crippen molar-refractivity contribution in [3.63, 3.8) is 0 Å². The Bertz CT molecular complexity index is 747. The van der Waals surface area contributed by atoms with Gasteiger partial charge in [-0.1, -0.05) is 29.8 Å². The molecule has 1 saturated carbocycles. The zero-order valence-electron chi connectivity index (χ0n) is 13.2. The molecular weight excluding hydrogens is 324 g/mol. The quantitative estimate of drug-likeness (QED) is 0.874. The van der Waals surface area contributed by atoms with E-state index in [2.05, 4.69) is 10.6 Å². The van der Waals surface area contributed by atoms with Crippen molar-refractivity contribution < 1.29 is 9.53 Å². The van der Waals surface area contributed by atoms with Crippen LogP contribution in [0.15, 0.2) is 48.5 Å². The molecule has 2 aromatic carbocycles. The zero-order valence-corrected chi connectivity index (χ0v) is 13.9. The number of anilines is 1. The Morgan fingerprint density at radius 3 is 2.67 bits per heavy atom. The molecule has 0 radical (unpaired) electrons. The lowest BCUT2D eigenvalue weighted by atomic mass is 10.1. The van der Waals surface area contributed by atoms with Gasteiger partial charge >= 0.3 is 0 Å². The first kappa shape index (κ1) is 15.5. The SMILES string of the molecule is O=C(Nc1ccc(OCc2ccccc2Cl)cc1)C1CNC2CC21. The van der Waals surface area contributed by atoms with E-state index in [0.717, 1.165) is 30.0 Å². The molecular formula is C19H19ClN2O2. The molecule has 1 saturated heterocycles. The highest BCUT2D eigenvalue weighted by Crippen LogP contribution is 2.42. The van der Waals surface area contributed by atoms with Gasteiger partial charge in [0, 0.05) is 28.9 Å². The van der Waals surface area contributed by atoms with Crippen LogP contribution in [-0.2, 0) is 11.4 Å². The van der Waals surface area contributed by atoms with Crippen LogP contribution in [0.3, 0.4) is 0 Å². The van der Waals surface area contributed by atoms with E-state index >= 15 is 0 Å². The van der Waals surface area contributed by atoms with Crippen molar-refractivity contribution in [2.24, 2.45) is 11.8 Å². The van der Waals surface area contributed by atoms with E-state index in [1.807, 2.05) is 48.5 Å². The molecule has 4 rings (SSSR count).